The Morgan fingerprint density at radius 3 is 1.83 bits per heavy atom. The highest BCUT2D eigenvalue weighted by Gasteiger charge is 2.58. The van der Waals surface area contributed by atoms with Gasteiger partial charge in [0.2, 0.25) is 0 Å². The van der Waals surface area contributed by atoms with Crippen molar-refractivity contribution in [3.8, 4) is 0 Å². The smallest absolute Gasteiger partial charge is 0.306 e. The van der Waals surface area contributed by atoms with Crippen LogP contribution in [0.1, 0.15) is 94.9 Å². The lowest BCUT2D eigenvalue weighted by atomic mass is 9.78. The number of rotatable bonds is 16. The number of benzene rings is 2. The fourth-order valence-corrected chi connectivity index (χ4v) is 17.1. The van der Waals surface area contributed by atoms with Gasteiger partial charge in [-0.05, 0) is 65.0 Å². The molecule has 2 heterocycles. The van der Waals surface area contributed by atoms with E-state index in [1.165, 1.54) is 10.4 Å². The second-order valence-electron chi connectivity index (χ2n) is 18.3. The number of carboxylic acids is 1. The maximum atomic E-state index is 12.2. The van der Waals surface area contributed by atoms with Crippen LogP contribution in [0.25, 0.3) is 0 Å². The molecule has 0 aromatic heterocycles. The van der Waals surface area contributed by atoms with E-state index in [4.69, 9.17) is 22.8 Å². The fourth-order valence-electron chi connectivity index (χ4n) is 8.28. The third-order valence-electron chi connectivity index (χ3n) is 12.8. The van der Waals surface area contributed by atoms with Crippen LogP contribution >= 0.6 is 0 Å². The van der Waals surface area contributed by atoms with Crippen molar-refractivity contribution in [2.24, 2.45) is 0 Å². The number of carbonyl (C=O) groups is 1. The van der Waals surface area contributed by atoms with Gasteiger partial charge in [0.15, 0.2) is 16.6 Å². The Kier molecular flexibility index (Phi) is 14.1. The lowest BCUT2D eigenvalue weighted by molar-refractivity contribution is -0.293. The summed E-state index contributed by atoms with van der Waals surface area (Å²) in [6.45, 7) is 31.9. The van der Waals surface area contributed by atoms with Crippen molar-refractivity contribution < 1.29 is 32.7 Å². The molecule has 296 valence electrons. The summed E-state index contributed by atoms with van der Waals surface area (Å²) in [7, 11) is -7.10. The number of aliphatic carboxylic acids is 1. The van der Waals surface area contributed by atoms with Gasteiger partial charge in [-0.1, -0.05) is 135 Å². The van der Waals surface area contributed by atoms with Crippen molar-refractivity contribution in [3.05, 3.63) is 72.8 Å². The molecule has 2 aromatic carbocycles. The van der Waals surface area contributed by atoms with Crippen LogP contribution in [0.2, 0.25) is 41.3 Å². The van der Waals surface area contributed by atoms with Crippen LogP contribution in [-0.2, 0) is 27.5 Å². The van der Waals surface area contributed by atoms with Gasteiger partial charge in [-0.2, -0.15) is 0 Å². The molecule has 2 aliphatic heterocycles. The first-order chi connectivity index (χ1) is 24.7. The van der Waals surface area contributed by atoms with Crippen molar-refractivity contribution in [1.82, 2.24) is 0 Å². The highest BCUT2D eigenvalue weighted by atomic mass is 28.4. The normalized spacial score (nSPS) is 25.8. The summed E-state index contributed by atoms with van der Waals surface area (Å²) in [4.78, 5) is 12.2. The van der Waals surface area contributed by atoms with E-state index < -0.39 is 42.6 Å². The first-order valence-corrected chi connectivity index (χ1v) is 27.3. The molecule has 0 aliphatic carbocycles. The summed E-state index contributed by atoms with van der Waals surface area (Å²) in [6.07, 6.45) is 0.0154. The summed E-state index contributed by atoms with van der Waals surface area (Å²) in [5.41, 5.74) is 0.161. The minimum Gasteiger partial charge on any atom is -0.481 e. The van der Waals surface area contributed by atoms with Crippen molar-refractivity contribution >= 4 is 41.3 Å². The Balaban J connectivity index is 1.66. The minimum atomic E-state index is -2.75. The third kappa shape index (κ3) is 9.56. The monoisotopic (exact) mass is 782 g/mol. The van der Waals surface area contributed by atoms with Crippen LogP contribution in [0.3, 0.4) is 0 Å². The molecule has 2 fully saturated rings. The summed E-state index contributed by atoms with van der Waals surface area (Å²) < 4.78 is 35.6. The molecule has 2 aromatic rings. The van der Waals surface area contributed by atoms with Gasteiger partial charge in [0.1, 0.15) is 5.60 Å². The Bertz CT molecular complexity index is 1450. The molecule has 0 amide bonds. The summed E-state index contributed by atoms with van der Waals surface area (Å²) in [5, 5.41) is 12.4. The molecule has 0 radical (unpaired) electrons. The van der Waals surface area contributed by atoms with Gasteiger partial charge >= 0.3 is 5.97 Å². The van der Waals surface area contributed by atoms with Crippen LogP contribution in [0.5, 0.6) is 0 Å². The average Bonchev–Trinajstić information content (AvgIpc) is 3.08. The van der Waals surface area contributed by atoms with Gasteiger partial charge in [-0.3, -0.25) is 4.79 Å². The first-order valence-electron chi connectivity index (χ1n) is 20.0. The van der Waals surface area contributed by atoms with E-state index >= 15 is 0 Å². The number of hydrogen-bond acceptors (Lipinski definition) is 6. The van der Waals surface area contributed by atoms with E-state index in [2.05, 4.69) is 150 Å². The molecule has 4 rings (SSSR count). The number of ether oxygens (including phenoxy) is 2. The van der Waals surface area contributed by atoms with Crippen molar-refractivity contribution in [2.45, 2.75) is 172 Å². The largest absolute Gasteiger partial charge is 0.481 e. The standard InChI is InChI=1S/C43H70O7Si3/c1-14-52(15-2,16-3)49-37-29-38-43(11,48-36(37)30-40(44)45)39(50-51(12,13)41(5,6)7)28-33(47-38)27-32(4)31-46-53(42(8,9)10,34-23-19-17-20-24-34)35-25-21-18-22-26-35/h17-26,33,36-39H,4,14-16,27-31H2,1-3,5-13H3,(H,44,45)/t33-,36-,37+,38-,39+,43-/m1/s1. The maximum Gasteiger partial charge on any atom is 0.306 e. The van der Waals surface area contributed by atoms with Gasteiger partial charge in [-0.25, -0.2) is 0 Å². The molecule has 53 heavy (non-hydrogen) atoms. The third-order valence-corrected chi connectivity index (χ3v) is 26.9. The SMILES string of the molecule is C=C(CO[Si](c1ccccc1)(c1ccccc1)C(C)(C)C)C[C@@H]1C[C@H](O[Si](C)(C)C(C)(C)C)[C@]2(C)O[C@H](CC(=O)O)[C@@H](O[Si](CC)(CC)CC)C[C@H]2O1. The molecule has 2 saturated heterocycles. The average molecular weight is 783 g/mol. The molecular weight excluding hydrogens is 713 g/mol. The quantitative estimate of drug-likeness (QED) is 0.134. The van der Waals surface area contributed by atoms with E-state index in [-0.39, 0.29) is 40.9 Å². The highest BCUT2D eigenvalue weighted by molar-refractivity contribution is 6.99. The minimum absolute atomic E-state index is 0.0186. The summed E-state index contributed by atoms with van der Waals surface area (Å²) in [5.74, 6) is -0.879. The van der Waals surface area contributed by atoms with Crippen molar-refractivity contribution in [1.29, 1.82) is 0 Å². The second-order valence-corrected chi connectivity index (χ2v) is 32.1. The zero-order chi connectivity index (χ0) is 39.5. The fraction of sp³-hybridized carbons (Fsp3) is 0.651. The predicted molar refractivity (Wildman–Crippen MR) is 225 cm³/mol. The number of hydrogen-bond donors (Lipinski definition) is 1. The van der Waals surface area contributed by atoms with Crippen LogP contribution in [0.4, 0.5) is 0 Å². The summed E-state index contributed by atoms with van der Waals surface area (Å²) >= 11 is 0. The zero-order valence-corrected chi connectivity index (χ0v) is 37.9. The van der Waals surface area contributed by atoms with E-state index in [0.29, 0.717) is 25.9 Å². The number of carboxylic acid groups (broad SMARTS) is 1. The second kappa shape index (κ2) is 17.1. The van der Waals surface area contributed by atoms with Crippen LogP contribution < -0.4 is 10.4 Å². The topological polar surface area (TPSA) is 83.5 Å². The highest BCUT2D eigenvalue weighted by Crippen LogP contribution is 2.48. The Labute approximate surface area is 324 Å². The molecule has 0 saturated carbocycles. The van der Waals surface area contributed by atoms with Crippen molar-refractivity contribution in [2.75, 3.05) is 6.61 Å². The molecule has 2 aliphatic rings. The van der Waals surface area contributed by atoms with Gasteiger partial charge in [0.25, 0.3) is 8.32 Å². The maximum absolute atomic E-state index is 12.2. The van der Waals surface area contributed by atoms with Gasteiger partial charge in [-0.15, -0.1) is 0 Å². The summed E-state index contributed by atoms with van der Waals surface area (Å²) in [6, 6.07) is 24.4. The molecule has 0 bridgehead atoms. The van der Waals surface area contributed by atoms with Gasteiger partial charge in [0, 0.05) is 12.8 Å². The van der Waals surface area contributed by atoms with Crippen LogP contribution in [0, 0.1) is 0 Å². The van der Waals surface area contributed by atoms with E-state index in [1.807, 2.05) is 0 Å². The molecule has 1 N–H and O–H groups in total. The van der Waals surface area contributed by atoms with Crippen molar-refractivity contribution in [3.63, 3.8) is 0 Å². The zero-order valence-electron chi connectivity index (χ0n) is 34.9. The Hall–Kier alpha value is -1.90. The van der Waals surface area contributed by atoms with Gasteiger partial charge < -0.3 is 27.9 Å². The van der Waals surface area contributed by atoms with E-state index in [1.54, 1.807) is 0 Å². The van der Waals surface area contributed by atoms with E-state index in [9.17, 15) is 9.90 Å². The lowest BCUT2D eigenvalue weighted by Crippen LogP contribution is -2.68. The molecule has 0 unspecified atom stereocenters. The van der Waals surface area contributed by atoms with Crippen LogP contribution in [0.15, 0.2) is 72.8 Å². The Morgan fingerprint density at radius 1 is 0.849 bits per heavy atom. The molecule has 10 heteroatoms. The first kappa shape index (κ1) is 43.8. The predicted octanol–water partition coefficient (Wildman–Crippen LogP) is 9.47. The lowest BCUT2D eigenvalue weighted by Gasteiger charge is -2.57. The molecule has 6 atom stereocenters. The Morgan fingerprint density at radius 2 is 1.38 bits per heavy atom. The molecule has 7 nitrogen and oxygen atoms in total. The molecular formula is C43H70O7Si3. The number of fused-ring (bicyclic) bond motifs is 1. The van der Waals surface area contributed by atoms with Gasteiger partial charge in [0.05, 0.1) is 43.5 Å². The molecule has 0 spiro atoms. The van der Waals surface area contributed by atoms with Crippen LogP contribution in [-0.4, -0.2) is 78.8 Å². The van der Waals surface area contributed by atoms with E-state index in [0.717, 1.165) is 23.7 Å².